The highest BCUT2D eigenvalue weighted by atomic mass is 32.1. The fraction of sp³-hybridized carbons (Fsp3) is 0.818. The number of ketones is 1. The third kappa shape index (κ3) is 14.3. The summed E-state index contributed by atoms with van der Waals surface area (Å²) in [5.74, 6) is -1.89. The number of nitrogens with zero attached hydrogens (tertiary/aromatic N) is 1. The number of aromatic nitrogens is 1. The topological polar surface area (TPSA) is 106 Å². The molecule has 322 valence electrons. The van der Waals surface area contributed by atoms with E-state index in [1.54, 1.807) is 11.3 Å². The zero-order valence-electron chi connectivity index (χ0n) is 38.1. The summed E-state index contributed by atoms with van der Waals surface area (Å²) in [5, 5.41) is 14.7. The Hall–Kier alpha value is -1.07. The van der Waals surface area contributed by atoms with Crippen LogP contribution >= 0.6 is 11.3 Å². The van der Waals surface area contributed by atoms with Gasteiger partial charge in [-0.3, -0.25) is 4.79 Å². The average molecular weight is 838 g/mol. The predicted octanol–water partition coefficient (Wildman–Crippen LogP) is 10.8. The Morgan fingerprint density at radius 3 is 2.20 bits per heavy atom. The van der Waals surface area contributed by atoms with Gasteiger partial charge in [0.15, 0.2) is 8.32 Å². The summed E-state index contributed by atoms with van der Waals surface area (Å²) in [5.41, 5.74) is 2.27. The number of hydrogen-bond donors (Lipinski definition) is 1. The van der Waals surface area contributed by atoms with E-state index in [9.17, 15) is 9.90 Å². The number of aryl methyl sites for hydroxylation is 1. The molecule has 2 bridgehead atoms. The summed E-state index contributed by atoms with van der Waals surface area (Å²) in [6.07, 6.45) is 6.61. The largest absolute Gasteiger partial charge is 0.413 e. The quantitative estimate of drug-likeness (QED) is 0.0499. The number of aliphatic hydroxyl groups excluding tert-OH is 1. The maximum absolute atomic E-state index is 14.5. The molecule has 4 rings (SSSR count). The Morgan fingerprint density at radius 1 is 1.05 bits per heavy atom. The van der Waals surface area contributed by atoms with Gasteiger partial charge in [0.25, 0.3) is 5.97 Å². The molecule has 0 aliphatic carbocycles. The maximum atomic E-state index is 14.5. The van der Waals surface area contributed by atoms with Crippen LogP contribution in [-0.4, -0.2) is 89.8 Å². The van der Waals surface area contributed by atoms with Crippen molar-refractivity contribution in [2.45, 2.75) is 176 Å². The Kier molecular flexibility index (Phi) is 17.6. The summed E-state index contributed by atoms with van der Waals surface area (Å²) in [7, 11) is -3.50. The third-order valence-electron chi connectivity index (χ3n) is 12.3. The Morgan fingerprint density at radius 2 is 1.66 bits per heavy atom. The van der Waals surface area contributed by atoms with Crippen molar-refractivity contribution in [3.8, 4) is 0 Å². The first-order valence-corrected chi connectivity index (χ1v) is 28.5. The normalized spacial score (nSPS) is 24.2. The second-order valence-electron chi connectivity index (χ2n) is 20.6. The van der Waals surface area contributed by atoms with Gasteiger partial charge in [-0.1, -0.05) is 86.7 Å². The van der Waals surface area contributed by atoms with Crippen LogP contribution in [0, 0.1) is 29.6 Å². The number of carbonyl (C=O) groups excluding carboxylic acids is 1. The number of hydrogen-bond acceptors (Lipinski definition) is 10. The Balaban J connectivity index is 1.62. The molecular weight excluding hydrogens is 759 g/mol. The molecule has 0 amide bonds. The van der Waals surface area contributed by atoms with Crippen molar-refractivity contribution in [2.24, 2.45) is 22.7 Å². The maximum Gasteiger partial charge on any atom is 0.285 e. The molecule has 5 atom stereocenters. The molecule has 12 heteroatoms. The number of rotatable bonds is 23. The molecule has 3 aliphatic rings. The van der Waals surface area contributed by atoms with Crippen LogP contribution in [0.4, 0.5) is 0 Å². The van der Waals surface area contributed by atoms with Crippen LogP contribution in [0.5, 0.6) is 0 Å². The average Bonchev–Trinajstić information content (AvgIpc) is 3.51. The zero-order chi connectivity index (χ0) is 42.3. The number of fused-ring (bicyclic) bond motifs is 3. The molecule has 0 aromatic carbocycles. The van der Waals surface area contributed by atoms with E-state index in [-0.39, 0.29) is 41.5 Å². The van der Waals surface area contributed by atoms with Gasteiger partial charge in [-0.2, -0.15) is 0 Å². The number of carbonyl (C=O) groups is 1. The monoisotopic (exact) mass is 838 g/mol. The van der Waals surface area contributed by atoms with E-state index in [2.05, 4.69) is 104 Å². The Labute approximate surface area is 346 Å². The standard InChI is InChI=1S/C44H79NO8SSi2/c1-31(20-21-37(49-30-48-22-23-55(12,13)14)33(3)24-36-26-54-35(5)45-36)18-17-19-32(2)39(46)34(4)40(47)42(9,10)38(53-56(15,16)41(6,7)8)25-44-50-27-43(11,28-51-44)29-52-44/h20,24,26,32,34,37-39,46H,17-19,21-23,25,27-30H2,1-16H3/b31-20-,33-24+/t32-,34+,37-,38-,39-,43?,44?/m0/s1. The van der Waals surface area contributed by atoms with E-state index < -0.39 is 45.9 Å². The molecule has 0 unspecified atom stereocenters. The van der Waals surface area contributed by atoms with Crippen molar-refractivity contribution in [1.82, 2.24) is 4.98 Å². The summed E-state index contributed by atoms with van der Waals surface area (Å²) >= 11 is 1.65. The van der Waals surface area contributed by atoms with Crippen LogP contribution in [0.1, 0.15) is 112 Å². The van der Waals surface area contributed by atoms with Gasteiger partial charge < -0.3 is 33.2 Å². The molecule has 0 spiro atoms. The number of allylic oxidation sites excluding steroid dienone is 1. The van der Waals surface area contributed by atoms with Gasteiger partial charge in [0.1, 0.15) is 12.6 Å². The molecule has 3 saturated heterocycles. The minimum atomic E-state index is -2.33. The minimum Gasteiger partial charge on any atom is -0.413 e. The Bertz CT molecular complexity index is 1450. The van der Waals surface area contributed by atoms with Crippen molar-refractivity contribution < 1.29 is 38.0 Å². The summed E-state index contributed by atoms with van der Waals surface area (Å²) in [6, 6.07) is 1.11. The van der Waals surface area contributed by atoms with Crippen LogP contribution in [0.3, 0.4) is 0 Å². The number of Topliss-reactive ketones (excluding diaryl/α,β-unsaturated/α-hetero) is 1. The number of thiazole rings is 1. The van der Waals surface area contributed by atoms with Gasteiger partial charge in [-0.05, 0) is 88.2 Å². The lowest BCUT2D eigenvalue weighted by atomic mass is 9.72. The molecule has 1 aromatic heterocycles. The molecular formula is C44H79NO8SSi2. The first-order chi connectivity index (χ1) is 25.7. The molecule has 0 radical (unpaired) electrons. The zero-order valence-corrected chi connectivity index (χ0v) is 40.9. The molecule has 3 aliphatic heterocycles. The molecule has 3 fully saturated rings. The van der Waals surface area contributed by atoms with Gasteiger partial charge in [-0.25, -0.2) is 4.98 Å². The van der Waals surface area contributed by atoms with Gasteiger partial charge in [0.05, 0.1) is 55.3 Å². The SMILES string of the molecule is C/C(=C/C[C@H](OCOCC[Si](C)(C)C)/C(C)=C/c1csc(C)n1)CCC[C@H](C)[C@H](O)[C@@H](C)C(=O)C(C)(C)[C@H](CC12OCC(C)(CO1)CO2)O[Si](C)(C)C(C)(C)C. The predicted molar refractivity (Wildman–Crippen MR) is 235 cm³/mol. The van der Waals surface area contributed by atoms with Crippen molar-refractivity contribution in [2.75, 3.05) is 33.2 Å². The highest BCUT2D eigenvalue weighted by molar-refractivity contribution is 7.09. The fourth-order valence-electron chi connectivity index (χ4n) is 6.89. The second kappa shape index (κ2) is 20.0. The molecule has 0 saturated carbocycles. The number of ether oxygens (including phenoxy) is 5. The van der Waals surface area contributed by atoms with E-state index in [1.807, 2.05) is 27.7 Å². The van der Waals surface area contributed by atoms with Crippen LogP contribution in [0.15, 0.2) is 22.6 Å². The lowest BCUT2D eigenvalue weighted by Gasteiger charge is -2.53. The first kappa shape index (κ1) is 49.3. The van der Waals surface area contributed by atoms with Gasteiger partial charge >= 0.3 is 0 Å². The highest BCUT2D eigenvalue weighted by Gasteiger charge is 2.56. The second-order valence-corrected chi connectivity index (χ2v) is 32.1. The van der Waals surface area contributed by atoms with Crippen LogP contribution in [0.25, 0.3) is 6.08 Å². The molecule has 56 heavy (non-hydrogen) atoms. The highest BCUT2D eigenvalue weighted by Crippen LogP contribution is 2.47. The lowest BCUT2D eigenvalue weighted by Crippen LogP contribution is -2.62. The van der Waals surface area contributed by atoms with E-state index in [0.29, 0.717) is 19.8 Å². The van der Waals surface area contributed by atoms with Crippen LogP contribution in [-0.2, 0) is 32.9 Å². The third-order valence-corrected chi connectivity index (χ3v) is 19.3. The molecule has 4 heterocycles. The molecule has 9 nitrogen and oxygen atoms in total. The molecule has 1 N–H and O–H groups in total. The first-order valence-electron chi connectivity index (χ1n) is 21.0. The fourth-order valence-corrected chi connectivity index (χ4v) is 9.66. The van der Waals surface area contributed by atoms with Crippen LogP contribution in [0.2, 0.25) is 43.8 Å². The molecule has 1 aromatic rings. The number of aliphatic hydroxyl groups is 1. The van der Waals surface area contributed by atoms with Gasteiger partial charge in [0, 0.05) is 36.8 Å². The van der Waals surface area contributed by atoms with Gasteiger partial charge in [-0.15, -0.1) is 11.3 Å². The van der Waals surface area contributed by atoms with E-state index in [4.69, 9.17) is 28.1 Å². The van der Waals surface area contributed by atoms with E-state index in [1.165, 1.54) is 5.57 Å². The minimum absolute atomic E-state index is 0.0174. The van der Waals surface area contributed by atoms with Crippen molar-refractivity contribution >= 4 is 39.6 Å². The van der Waals surface area contributed by atoms with Gasteiger partial charge in [0.2, 0.25) is 0 Å². The summed E-state index contributed by atoms with van der Waals surface area (Å²) in [4.78, 5) is 19.1. The van der Waals surface area contributed by atoms with Crippen LogP contribution < -0.4 is 0 Å². The van der Waals surface area contributed by atoms with E-state index >= 15 is 0 Å². The van der Waals surface area contributed by atoms with Crippen molar-refractivity contribution in [3.63, 3.8) is 0 Å². The lowest BCUT2D eigenvalue weighted by molar-refractivity contribution is -0.471. The van der Waals surface area contributed by atoms with Crippen molar-refractivity contribution in [1.29, 1.82) is 0 Å². The van der Waals surface area contributed by atoms with E-state index in [0.717, 1.165) is 54.6 Å². The smallest absolute Gasteiger partial charge is 0.285 e. The van der Waals surface area contributed by atoms with Crippen molar-refractivity contribution in [3.05, 3.63) is 33.3 Å². The summed E-state index contributed by atoms with van der Waals surface area (Å²) in [6.45, 7) is 36.9. The summed E-state index contributed by atoms with van der Waals surface area (Å²) < 4.78 is 37.8.